The number of amides is 1. The van der Waals surface area contributed by atoms with Crippen molar-refractivity contribution >= 4 is 24.0 Å². The van der Waals surface area contributed by atoms with Crippen molar-refractivity contribution in [1.82, 2.24) is 10.2 Å². The summed E-state index contributed by atoms with van der Waals surface area (Å²) in [5.41, 5.74) is 7.62. The molecular weight excluding hydrogens is 310 g/mol. The number of nitrogen functional groups attached to an aromatic ring is 1. The quantitative estimate of drug-likeness (QED) is 0.829. The van der Waals surface area contributed by atoms with Crippen molar-refractivity contribution < 1.29 is 4.79 Å². The van der Waals surface area contributed by atoms with Crippen LogP contribution < -0.4 is 11.1 Å². The number of nitrogens with zero attached hydrogens (tertiary/aromatic N) is 1. The molecule has 1 amide bonds. The first-order valence-electron chi connectivity index (χ1n) is 8.19. The molecule has 5 heteroatoms. The zero-order chi connectivity index (χ0) is 16.2. The van der Waals surface area contributed by atoms with E-state index in [4.69, 9.17) is 5.73 Å². The second kappa shape index (κ2) is 8.55. The summed E-state index contributed by atoms with van der Waals surface area (Å²) >= 11 is 0. The zero-order valence-electron chi connectivity index (χ0n) is 14.5. The van der Waals surface area contributed by atoms with Gasteiger partial charge in [-0.15, -0.1) is 12.4 Å². The molecule has 1 saturated heterocycles. The Bertz CT molecular complexity index is 513. The summed E-state index contributed by atoms with van der Waals surface area (Å²) in [5, 5.41) is 3.10. The van der Waals surface area contributed by atoms with Crippen LogP contribution in [0.3, 0.4) is 0 Å². The fraction of sp³-hybridized carbons (Fsp3) is 0.611. The molecule has 1 aromatic carbocycles. The lowest BCUT2D eigenvalue weighted by atomic mass is 9.94. The van der Waals surface area contributed by atoms with Crippen molar-refractivity contribution in [2.75, 3.05) is 25.4 Å². The molecule has 2 rings (SSSR count). The van der Waals surface area contributed by atoms with Gasteiger partial charge in [0, 0.05) is 30.7 Å². The molecule has 1 fully saturated rings. The minimum Gasteiger partial charge on any atom is -0.399 e. The van der Waals surface area contributed by atoms with Crippen LogP contribution in [0.5, 0.6) is 0 Å². The predicted molar refractivity (Wildman–Crippen MR) is 98.6 cm³/mol. The van der Waals surface area contributed by atoms with Crippen molar-refractivity contribution in [2.24, 2.45) is 11.3 Å². The van der Waals surface area contributed by atoms with Gasteiger partial charge in [-0.1, -0.05) is 32.9 Å². The molecule has 3 N–H and O–H groups in total. The van der Waals surface area contributed by atoms with E-state index in [-0.39, 0.29) is 23.7 Å². The standard InChI is InChI=1S/C18H29N3O.ClH/c1-18(2,3)17(22)20-11-15-7-5-9-21(13-15)12-14-6-4-8-16(19)10-14;/h4,6,8,10,15H,5,7,9,11-13,19H2,1-3H3,(H,20,22);1H. The Labute approximate surface area is 146 Å². The Morgan fingerprint density at radius 1 is 1.39 bits per heavy atom. The van der Waals surface area contributed by atoms with Crippen LogP contribution >= 0.6 is 12.4 Å². The van der Waals surface area contributed by atoms with Crippen LogP contribution in [0, 0.1) is 11.3 Å². The van der Waals surface area contributed by atoms with E-state index in [2.05, 4.69) is 16.3 Å². The van der Waals surface area contributed by atoms with E-state index in [1.165, 1.54) is 18.4 Å². The topological polar surface area (TPSA) is 58.4 Å². The smallest absolute Gasteiger partial charge is 0.225 e. The van der Waals surface area contributed by atoms with Crippen molar-refractivity contribution in [3.05, 3.63) is 29.8 Å². The molecule has 1 atom stereocenters. The van der Waals surface area contributed by atoms with Crippen molar-refractivity contribution in [3.8, 4) is 0 Å². The Morgan fingerprint density at radius 3 is 2.78 bits per heavy atom. The first kappa shape index (κ1) is 19.8. The van der Waals surface area contributed by atoms with Gasteiger partial charge in [0.1, 0.15) is 0 Å². The second-order valence-corrected chi connectivity index (χ2v) is 7.45. The summed E-state index contributed by atoms with van der Waals surface area (Å²) in [5.74, 6) is 0.682. The molecule has 0 bridgehead atoms. The van der Waals surface area contributed by atoms with Gasteiger partial charge in [-0.3, -0.25) is 9.69 Å². The summed E-state index contributed by atoms with van der Waals surface area (Å²) in [6, 6.07) is 8.10. The summed E-state index contributed by atoms with van der Waals surface area (Å²) in [7, 11) is 0. The van der Waals surface area contributed by atoms with Gasteiger partial charge in [0.05, 0.1) is 0 Å². The molecule has 4 nitrogen and oxygen atoms in total. The van der Waals surface area contributed by atoms with Crippen LogP contribution in [0.4, 0.5) is 5.69 Å². The lowest BCUT2D eigenvalue weighted by Gasteiger charge is -2.33. The fourth-order valence-electron chi connectivity index (χ4n) is 2.91. The van der Waals surface area contributed by atoms with Crippen LogP contribution in [0.15, 0.2) is 24.3 Å². The summed E-state index contributed by atoms with van der Waals surface area (Å²) in [6.07, 6.45) is 2.39. The SMILES string of the molecule is CC(C)(C)C(=O)NCC1CCCN(Cc2cccc(N)c2)C1.Cl. The fourth-order valence-corrected chi connectivity index (χ4v) is 2.91. The molecule has 1 aliphatic heterocycles. The lowest BCUT2D eigenvalue weighted by Crippen LogP contribution is -2.43. The molecule has 0 radical (unpaired) electrons. The van der Waals surface area contributed by atoms with Gasteiger partial charge >= 0.3 is 0 Å². The molecule has 0 saturated carbocycles. The van der Waals surface area contributed by atoms with Gasteiger partial charge in [0.15, 0.2) is 0 Å². The zero-order valence-corrected chi connectivity index (χ0v) is 15.3. The first-order valence-corrected chi connectivity index (χ1v) is 8.19. The third-order valence-corrected chi connectivity index (χ3v) is 4.19. The first-order chi connectivity index (χ1) is 10.3. The molecule has 0 aliphatic carbocycles. The third kappa shape index (κ3) is 6.40. The monoisotopic (exact) mass is 339 g/mol. The normalized spacial score (nSPS) is 19.0. The molecule has 23 heavy (non-hydrogen) atoms. The van der Waals surface area contributed by atoms with Crippen LogP contribution in [0.1, 0.15) is 39.2 Å². The van der Waals surface area contributed by atoms with E-state index < -0.39 is 0 Å². The summed E-state index contributed by atoms with van der Waals surface area (Å²) in [4.78, 5) is 14.4. The van der Waals surface area contributed by atoms with E-state index in [0.29, 0.717) is 5.92 Å². The highest BCUT2D eigenvalue weighted by Crippen LogP contribution is 2.20. The van der Waals surface area contributed by atoms with Gasteiger partial charge in [-0.25, -0.2) is 0 Å². The van der Waals surface area contributed by atoms with Crippen LogP contribution in [0.2, 0.25) is 0 Å². The average molecular weight is 340 g/mol. The molecule has 1 aromatic rings. The minimum atomic E-state index is -0.310. The Kier molecular flexibility index (Phi) is 7.36. The van der Waals surface area contributed by atoms with Gasteiger partial charge in [-0.05, 0) is 43.0 Å². The Hall–Kier alpha value is -1.26. The minimum absolute atomic E-state index is 0. The molecule has 130 valence electrons. The van der Waals surface area contributed by atoms with E-state index in [9.17, 15) is 4.79 Å². The van der Waals surface area contributed by atoms with E-state index in [1.54, 1.807) is 0 Å². The maximum absolute atomic E-state index is 12.0. The number of carbonyl (C=O) groups is 1. The number of carbonyl (C=O) groups excluding carboxylic acids is 1. The Balaban J connectivity index is 0.00000264. The number of hydrogen-bond donors (Lipinski definition) is 2. The second-order valence-electron chi connectivity index (χ2n) is 7.45. The average Bonchev–Trinajstić information content (AvgIpc) is 2.44. The van der Waals surface area contributed by atoms with E-state index in [0.717, 1.165) is 31.9 Å². The maximum Gasteiger partial charge on any atom is 0.225 e. The number of benzene rings is 1. The number of piperidine rings is 1. The predicted octanol–water partition coefficient (Wildman–Crippen LogP) is 3.06. The molecule has 1 unspecified atom stereocenters. The third-order valence-electron chi connectivity index (χ3n) is 4.19. The van der Waals surface area contributed by atoms with Crippen molar-refractivity contribution in [2.45, 2.75) is 40.2 Å². The molecule has 1 aliphatic rings. The number of nitrogens with two attached hydrogens (primary N) is 1. The molecular formula is C18H30ClN3O. The van der Waals surface area contributed by atoms with E-state index in [1.807, 2.05) is 39.0 Å². The highest BCUT2D eigenvalue weighted by Gasteiger charge is 2.24. The molecule has 0 aromatic heterocycles. The molecule has 0 spiro atoms. The summed E-state index contributed by atoms with van der Waals surface area (Å²) in [6.45, 7) is 9.75. The van der Waals surface area contributed by atoms with Crippen LogP contribution in [0.25, 0.3) is 0 Å². The van der Waals surface area contributed by atoms with Crippen molar-refractivity contribution in [3.63, 3.8) is 0 Å². The van der Waals surface area contributed by atoms with Crippen LogP contribution in [-0.2, 0) is 11.3 Å². The van der Waals surface area contributed by atoms with Gasteiger partial charge in [-0.2, -0.15) is 0 Å². The number of rotatable bonds is 4. The number of likely N-dealkylation sites (tertiary alicyclic amines) is 1. The number of halogens is 1. The Morgan fingerprint density at radius 2 is 2.13 bits per heavy atom. The highest BCUT2D eigenvalue weighted by molar-refractivity contribution is 5.85. The summed E-state index contributed by atoms with van der Waals surface area (Å²) < 4.78 is 0. The largest absolute Gasteiger partial charge is 0.399 e. The highest BCUT2D eigenvalue weighted by atomic mass is 35.5. The lowest BCUT2D eigenvalue weighted by molar-refractivity contribution is -0.128. The number of nitrogens with one attached hydrogen (secondary N) is 1. The maximum atomic E-state index is 12.0. The van der Waals surface area contributed by atoms with Crippen molar-refractivity contribution in [1.29, 1.82) is 0 Å². The van der Waals surface area contributed by atoms with Gasteiger partial charge in [0.2, 0.25) is 5.91 Å². The number of anilines is 1. The van der Waals surface area contributed by atoms with Crippen LogP contribution in [-0.4, -0.2) is 30.4 Å². The van der Waals surface area contributed by atoms with Gasteiger partial charge in [0.25, 0.3) is 0 Å². The van der Waals surface area contributed by atoms with E-state index >= 15 is 0 Å². The molecule has 1 heterocycles. The number of hydrogen-bond acceptors (Lipinski definition) is 3. The van der Waals surface area contributed by atoms with Gasteiger partial charge < -0.3 is 11.1 Å².